The highest BCUT2D eigenvalue weighted by atomic mass is 79.9. The van der Waals surface area contributed by atoms with Gasteiger partial charge in [0, 0.05) is 6.42 Å². The number of halogens is 1. The Morgan fingerprint density at radius 3 is 1.52 bits per heavy atom. The molecule has 1 fully saturated rings. The first-order valence-corrected chi connectivity index (χ1v) is 11.3. The van der Waals surface area contributed by atoms with Gasteiger partial charge in [0.05, 0.1) is 26.4 Å². The molecule has 0 N–H and O–H groups in total. The first-order chi connectivity index (χ1) is 15.2. The van der Waals surface area contributed by atoms with Crippen molar-refractivity contribution in [1.29, 1.82) is 0 Å². The number of ether oxygens (including phenoxy) is 4. The topological polar surface area (TPSA) is 36.9 Å². The fourth-order valence-corrected chi connectivity index (χ4v) is 4.28. The molecule has 0 spiro atoms. The molecule has 1 aliphatic rings. The summed E-state index contributed by atoms with van der Waals surface area (Å²) in [6.07, 6.45) is 1.46. The summed E-state index contributed by atoms with van der Waals surface area (Å²) >= 11 is 3.73. The van der Waals surface area contributed by atoms with Crippen molar-refractivity contribution in [2.75, 3.05) is 6.61 Å². The summed E-state index contributed by atoms with van der Waals surface area (Å²) in [4.78, 5) is 0. The predicted octanol–water partition coefficient (Wildman–Crippen LogP) is 6.19. The van der Waals surface area contributed by atoms with E-state index >= 15 is 0 Å². The summed E-state index contributed by atoms with van der Waals surface area (Å²) in [6.45, 7) is 1.71. The molecule has 0 radical (unpaired) electrons. The van der Waals surface area contributed by atoms with E-state index in [0.29, 0.717) is 32.8 Å². The number of hydrogen-bond donors (Lipinski definition) is 0. The molecule has 0 aromatic heterocycles. The van der Waals surface area contributed by atoms with Gasteiger partial charge in [-0.25, -0.2) is 0 Å². The van der Waals surface area contributed by atoms with Gasteiger partial charge in [-0.3, -0.25) is 0 Å². The highest BCUT2D eigenvalue weighted by molar-refractivity contribution is 9.10. The van der Waals surface area contributed by atoms with Crippen LogP contribution in [0.1, 0.15) is 29.5 Å². The molecule has 1 aliphatic heterocycles. The van der Waals surface area contributed by atoms with Gasteiger partial charge in [-0.05, 0) is 39.0 Å². The largest absolute Gasteiger partial charge is 0.340 e. The summed E-state index contributed by atoms with van der Waals surface area (Å²) in [5.74, 6) is -1.11. The van der Waals surface area contributed by atoms with Gasteiger partial charge < -0.3 is 18.9 Å². The van der Waals surface area contributed by atoms with E-state index in [2.05, 4.69) is 15.9 Å². The van der Waals surface area contributed by atoms with Gasteiger partial charge in [-0.2, -0.15) is 0 Å². The maximum absolute atomic E-state index is 6.46. The molecular weight excluding hydrogens is 456 g/mol. The zero-order valence-electron chi connectivity index (χ0n) is 17.4. The minimum Gasteiger partial charge on any atom is -0.340 e. The third-order valence-electron chi connectivity index (χ3n) is 5.29. The lowest BCUT2D eigenvalue weighted by molar-refractivity contribution is -0.394. The number of alkyl halides is 1. The van der Waals surface area contributed by atoms with Gasteiger partial charge in [0.1, 0.15) is 0 Å². The predicted molar refractivity (Wildman–Crippen MR) is 123 cm³/mol. The standard InChI is InChI=1S/C26H27BrO4/c27-26(31-21-24-15-8-3-9-16-24)25(17-10-18-28-26,29-19-22-11-4-1-5-12-22)30-20-23-13-6-2-7-14-23/h1-9,11-16H,10,17-21H2. The second-order valence-electron chi connectivity index (χ2n) is 7.56. The molecule has 3 aromatic carbocycles. The minimum absolute atomic E-state index is 0.372. The Hall–Kier alpha value is -2.02. The Bertz CT molecular complexity index is 876. The lowest BCUT2D eigenvalue weighted by Gasteiger charge is -2.47. The summed E-state index contributed by atoms with van der Waals surface area (Å²) < 4.78 is 24.1. The number of benzene rings is 3. The Morgan fingerprint density at radius 2 is 1.06 bits per heavy atom. The molecule has 0 bridgehead atoms. The molecule has 0 amide bonds. The van der Waals surface area contributed by atoms with Gasteiger partial charge >= 0.3 is 0 Å². The zero-order valence-corrected chi connectivity index (χ0v) is 19.0. The van der Waals surface area contributed by atoms with Crippen LogP contribution in [-0.2, 0) is 38.8 Å². The summed E-state index contributed by atoms with van der Waals surface area (Å²) in [5, 5.41) is 0. The molecule has 162 valence electrons. The third kappa shape index (κ3) is 5.62. The van der Waals surface area contributed by atoms with E-state index in [1.807, 2.05) is 91.0 Å². The van der Waals surface area contributed by atoms with Crippen molar-refractivity contribution in [2.45, 2.75) is 43.1 Å². The van der Waals surface area contributed by atoms with Crippen LogP contribution in [0, 0.1) is 0 Å². The van der Waals surface area contributed by atoms with Crippen LogP contribution in [0.25, 0.3) is 0 Å². The van der Waals surface area contributed by atoms with E-state index in [1.165, 1.54) is 0 Å². The fourth-order valence-electron chi connectivity index (χ4n) is 3.58. The molecule has 31 heavy (non-hydrogen) atoms. The van der Waals surface area contributed by atoms with Crippen molar-refractivity contribution in [3.05, 3.63) is 108 Å². The van der Waals surface area contributed by atoms with Gasteiger partial charge in [0.25, 0.3) is 4.70 Å². The second kappa shape index (κ2) is 10.5. The van der Waals surface area contributed by atoms with Crippen molar-refractivity contribution >= 4 is 15.9 Å². The van der Waals surface area contributed by atoms with Crippen LogP contribution >= 0.6 is 15.9 Å². The molecule has 1 heterocycles. The number of rotatable bonds is 9. The molecule has 1 atom stereocenters. The van der Waals surface area contributed by atoms with Crippen molar-refractivity contribution < 1.29 is 18.9 Å². The van der Waals surface area contributed by atoms with Gasteiger partial charge in [0.15, 0.2) is 0 Å². The zero-order chi connectivity index (χ0) is 21.4. The van der Waals surface area contributed by atoms with Crippen LogP contribution < -0.4 is 0 Å². The third-order valence-corrected chi connectivity index (χ3v) is 6.35. The highest BCUT2D eigenvalue weighted by Gasteiger charge is 2.57. The first-order valence-electron chi connectivity index (χ1n) is 10.6. The van der Waals surface area contributed by atoms with Crippen LogP contribution in [0.4, 0.5) is 0 Å². The lowest BCUT2D eigenvalue weighted by atomic mass is 10.1. The summed E-state index contributed by atoms with van der Waals surface area (Å²) in [5.41, 5.74) is 3.18. The van der Waals surface area contributed by atoms with Crippen molar-refractivity contribution in [3.63, 3.8) is 0 Å². The van der Waals surface area contributed by atoms with E-state index in [9.17, 15) is 0 Å². The van der Waals surface area contributed by atoms with E-state index < -0.39 is 10.5 Å². The van der Waals surface area contributed by atoms with Crippen LogP contribution in [0.5, 0.6) is 0 Å². The number of hydrogen-bond acceptors (Lipinski definition) is 4. The molecule has 4 rings (SSSR count). The second-order valence-corrected chi connectivity index (χ2v) is 8.61. The monoisotopic (exact) mass is 482 g/mol. The van der Waals surface area contributed by atoms with Crippen molar-refractivity contribution in [2.24, 2.45) is 0 Å². The van der Waals surface area contributed by atoms with Crippen LogP contribution in [0.3, 0.4) is 0 Å². The molecule has 4 nitrogen and oxygen atoms in total. The smallest absolute Gasteiger partial charge is 0.283 e. The molecular formula is C26H27BrO4. The van der Waals surface area contributed by atoms with Crippen LogP contribution in [-0.4, -0.2) is 17.1 Å². The van der Waals surface area contributed by atoms with Crippen molar-refractivity contribution in [3.8, 4) is 0 Å². The normalized spacial score (nSPS) is 20.4. The molecule has 0 saturated carbocycles. The van der Waals surface area contributed by atoms with Gasteiger partial charge in [0.2, 0.25) is 5.79 Å². The minimum atomic E-state index is -1.22. The maximum Gasteiger partial charge on any atom is 0.283 e. The summed E-state index contributed by atoms with van der Waals surface area (Å²) in [6, 6.07) is 30.2. The van der Waals surface area contributed by atoms with E-state index in [4.69, 9.17) is 18.9 Å². The Balaban J connectivity index is 1.56. The average molecular weight is 483 g/mol. The van der Waals surface area contributed by atoms with E-state index in [-0.39, 0.29) is 0 Å². The molecule has 3 aromatic rings. The Morgan fingerprint density at radius 1 is 0.645 bits per heavy atom. The van der Waals surface area contributed by atoms with Gasteiger partial charge in [-0.15, -0.1) is 0 Å². The Kier molecular flexibility index (Phi) is 7.54. The van der Waals surface area contributed by atoms with Crippen LogP contribution in [0.15, 0.2) is 91.0 Å². The SMILES string of the molecule is BrC1(OCc2ccccc2)OCCCC1(OCc1ccccc1)OCc1ccccc1. The first kappa shape index (κ1) is 22.2. The molecule has 0 aliphatic carbocycles. The molecule has 1 unspecified atom stereocenters. The van der Waals surface area contributed by atoms with E-state index in [0.717, 1.165) is 23.1 Å². The molecule has 5 heteroatoms. The van der Waals surface area contributed by atoms with Gasteiger partial charge in [-0.1, -0.05) is 91.0 Å². The summed E-state index contributed by atoms with van der Waals surface area (Å²) in [7, 11) is 0. The Labute approximate surface area is 192 Å². The highest BCUT2D eigenvalue weighted by Crippen LogP contribution is 2.46. The van der Waals surface area contributed by atoms with E-state index in [1.54, 1.807) is 0 Å². The van der Waals surface area contributed by atoms with Crippen LogP contribution in [0.2, 0.25) is 0 Å². The quantitative estimate of drug-likeness (QED) is 0.269. The fraction of sp³-hybridized carbons (Fsp3) is 0.308. The molecule has 1 saturated heterocycles. The van der Waals surface area contributed by atoms with Crippen molar-refractivity contribution in [1.82, 2.24) is 0 Å². The lowest BCUT2D eigenvalue weighted by Crippen LogP contribution is -2.59. The average Bonchev–Trinajstić information content (AvgIpc) is 2.84. The maximum atomic E-state index is 6.46.